The standard InChI is InChI=1S/C17H17F3N6O2S/c18-17(19,20)29(27,28)25-7-8-26-15(11-25)22-16(23-26)24-6-5-14(10-24)13-3-1-12(9-21)2-4-13/h1-4,14H,5-8,10-11H2. The molecule has 0 aliphatic carbocycles. The Bertz CT molecular complexity index is 1060. The molecular formula is C17H17F3N6O2S. The Balaban J connectivity index is 1.48. The summed E-state index contributed by atoms with van der Waals surface area (Å²) in [5, 5.41) is 13.3. The molecule has 0 bridgehead atoms. The van der Waals surface area contributed by atoms with Crippen molar-refractivity contribution in [3.8, 4) is 6.07 Å². The lowest BCUT2D eigenvalue weighted by molar-refractivity contribution is -0.0496. The van der Waals surface area contributed by atoms with E-state index in [1.165, 1.54) is 4.68 Å². The summed E-state index contributed by atoms with van der Waals surface area (Å²) in [7, 11) is -5.39. The fraction of sp³-hybridized carbons (Fsp3) is 0.471. The van der Waals surface area contributed by atoms with E-state index in [4.69, 9.17) is 5.26 Å². The van der Waals surface area contributed by atoms with Crippen LogP contribution >= 0.6 is 0 Å². The molecule has 3 heterocycles. The monoisotopic (exact) mass is 426 g/mol. The van der Waals surface area contributed by atoms with Crippen molar-refractivity contribution in [1.82, 2.24) is 19.1 Å². The average Bonchev–Trinajstić information content (AvgIpc) is 3.33. The van der Waals surface area contributed by atoms with E-state index in [-0.39, 0.29) is 24.8 Å². The molecule has 29 heavy (non-hydrogen) atoms. The van der Waals surface area contributed by atoms with Gasteiger partial charge in [0.2, 0.25) is 5.95 Å². The highest BCUT2D eigenvalue weighted by Crippen LogP contribution is 2.32. The van der Waals surface area contributed by atoms with Crippen molar-refractivity contribution in [3.63, 3.8) is 0 Å². The van der Waals surface area contributed by atoms with E-state index in [1.54, 1.807) is 12.1 Å². The molecule has 12 heteroatoms. The van der Waals surface area contributed by atoms with Gasteiger partial charge in [-0.1, -0.05) is 12.1 Å². The molecule has 1 fully saturated rings. The van der Waals surface area contributed by atoms with Crippen LogP contribution in [0.15, 0.2) is 24.3 Å². The van der Waals surface area contributed by atoms with Gasteiger partial charge in [-0.3, -0.25) is 0 Å². The predicted molar refractivity (Wildman–Crippen MR) is 96.1 cm³/mol. The van der Waals surface area contributed by atoms with E-state index < -0.39 is 22.1 Å². The molecule has 0 radical (unpaired) electrons. The van der Waals surface area contributed by atoms with Gasteiger partial charge in [0.15, 0.2) is 0 Å². The van der Waals surface area contributed by atoms with E-state index in [2.05, 4.69) is 16.2 Å². The zero-order chi connectivity index (χ0) is 20.8. The number of aromatic nitrogens is 3. The van der Waals surface area contributed by atoms with Crippen LogP contribution in [-0.4, -0.2) is 52.6 Å². The van der Waals surface area contributed by atoms with Crippen molar-refractivity contribution in [2.75, 3.05) is 24.5 Å². The van der Waals surface area contributed by atoms with Crippen LogP contribution in [0.1, 0.15) is 29.3 Å². The Morgan fingerprint density at radius 3 is 2.52 bits per heavy atom. The van der Waals surface area contributed by atoms with Crippen molar-refractivity contribution in [2.45, 2.75) is 30.9 Å². The molecule has 1 aromatic heterocycles. The van der Waals surface area contributed by atoms with E-state index in [1.807, 2.05) is 17.0 Å². The summed E-state index contributed by atoms with van der Waals surface area (Å²) >= 11 is 0. The van der Waals surface area contributed by atoms with Gasteiger partial charge in [-0.15, -0.1) is 5.10 Å². The van der Waals surface area contributed by atoms with Crippen molar-refractivity contribution in [1.29, 1.82) is 5.26 Å². The lowest BCUT2D eigenvalue weighted by Gasteiger charge is -2.26. The Labute approximate surface area is 165 Å². The minimum atomic E-state index is -5.39. The zero-order valence-corrected chi connectivity index (χ0v) is 16.0. The smallest absolute Gasteiger partial charge is 0.339 e. The van der Waals surface area contributed by atoms with E-state index >= 15 is 0 Å². The van der Waals surface area contributed by atoms with Crippen molar-refractivity contribution >= 4 is 16.0 Å². The fourth-order valence-electron chi connectivity index (χ4n) is 3.63. The van der Waals surface area contributed by atoms with Gasteiger partial charge in [0.05, 0.1) is 24.7 Å². The number of sulfonamides is 1. The minimum absolute atomic E-state index is 0.0184. The fourth-order valence-corrected chi connectivity index (χ4v) is 4.53. The normalized spacial score (nSPS) is 20.5. The zero-order valence-electron chi connectivity index (χ0n) is 15.2. The summed E-state index contributed by atoms with van der Waals surface area (Å²) < 4.78 is 63.5. The molecule has 154 valence electrons. The second kappa shape index (κ2) is 7.00. The third kappa shape index (κ3) is 3.56. The van der Waals surface area contributed by atoms with Crippen molar-refractivity contribution in [3.05, 3.63) is 41.2 Å². The number of alkyl halides is 3. The number of hydrogen-bond donors (Lipinski definition) is 0. The number of rotatable bonds is 3. The Kier molecular flexibility index (Phi) is 4.74. The van der Waals surface area contributed by atoms with E-state index in [0.717, 1.165) is 12.0 Å². The molecular weight excluding hydrogens is 409 g/mol. The number of nitrogens with zero attached hydrogens (tertiary/aromatic N) is 6. The molecule has 4 rings (SSSR count). The number of benzene rings is 1. The first-order valence-corrected chi connectivity index (χ1v) is 10.4. The lowest BCUT2D eigenvalue weighted by atomic mass is 9.97. The first-order valence-electron chi connectivity index (χ1n) is 8.94. The van der Waals surface area contributed by atoms with Crippen LogP contribution in [0.5, 0.6) is 0 Å². The molecule has 0 amide bonds. The molecule has 0 saturated carbocycles. The predicted octanol–water partition coefficient (Wildman–Crippen LogP) is 1.81. The third-order valence-corrected chi connectivity index (χ3v) is 6.81. The number of hydrogen-bond acceptors (Lipinski definition) is 6. The average molecular weight is 426 g/mol. The molecule has 1 atom stereocenters. The van der Waals surface area contributed by atoms with Gasteiger partial charge >= 0.3 is 15.5 Å². The van der Waals surface area contributed by atoms with Crippen LogP contribution in [0.3, 0.4) is 0 Å². The van der Waals surface area contributed by atoms with Gasteiger partial charge < -0.3 is 4.90 Å². The topological polar surface area (TPSA) is 95.1 Å². The third-order valence-electron chi connectivity index (χ3n) is 5.23. The first kappa shape index (κ1) is 19.7. The number of halogens is 3. The highest BCUT2D eigenvalue weighted by Gasteiger charge is 2.50. The summed E-state index contributed by atoms with van der Waals surface area (Å²) in [6.07, 6.45) is 0.852. The lowest BCUT2D eigenvalue weighted by Crippen LogP contribution is -2.44. The molecule has 2 aromatic rings. The van der Waals surface area contributed by atoms with Crippen molar-refractivity contribution < 1.29 is 21.6 Å². The molecule has 1 saturated heterocycles. The molecule has 0 N–H and O–H groups in total. The van der Waals surface area contributed by atoms with Gasteiger partial charge in [-0.25, -0.2) is 13.1 Å². The maximum absolute atomic E-state index is 12.8. The van der Waals surface area contributed by atoms with Crippen LogP contribution in [0.4, 0.5) is 19.1 Å². The van der Waals surface area contributed by atoms with Crippen LogP contribution in [-0.2, 0) is 23.1 Å². The van der Waals surface area contributed by atoms with Crippen LogP contribution < -0.4 is 4.90 Å². The van der Waals surface area contributed by atoms with E-state index in [9.17, 15) is 21.6 Å². The second-order valence-corrected chi connectivity index (χ2v) is 8.93. The molecule has 0 spiro atoms. The second-order valence-electron chi connectivity index (χ2n) is 7.00. The van der Waals surface area contributed by atoms with Gasteiger partial charge in [-0.05, 0) is 24.1 Å². The quantitative estimate of drug-likeness (QED) is 0.743. The molecule has 1 aromatic carbocycles. The molecule has 2 aliphatic heterocycles. The summed E-state index contributed by atoms with van der Waals surface area (Å²) in [6, 6.07) is 9.44. The maximum atomic E-state index is 12.8. The van der Waals surface area contributed by atoms with Gasteiger partial charge in [0.25, 0.3) is 0 Å². The highest BCUT2D eigenvalue weighted by molar-refractivity contribution is 7.89. The van der Waals surface area contributed by atoms with Gasteiger partial charge in [0.1, 0.15) is 5.82 Å². The number of fused-ring (bicyclic) bond motifs is 1. The van der Waals surface area contributed by atoms with Crippen molar-refractivity contribution in [2.24, 2.45) is 0 Å². The maximum Gasteiger partial charge on any atom is 0.511 e. The summed E-state index contributed by atoms with van der Waals surface area (Å²) in [4.78, 5) is 6.24. The molecule has 1 unspecified atom stereocenters. The van der Waals surface area contributed by atoms with E-state index in [0.29, 0.717) is 28.9 Å². The first-order chi connectivity index (χ1) is 13.7. The Morgan fingerprint density at radius 2 is 1.86 bits per heavy atom. The SMILES string of the molecule is N#Cc1ccc(C2CCN(c3nc4n(n3)CCN(S(=O)(=O)C(F)(F)F)C4)C2)cc1. The Morgan fingerprint density at radius 1 is 1.14 bits per heavy atom. The summed E-state index contributed by atoms with van der Waals surface area (Å²) in [5.74, 6) is 0.814. The number of nitriles is 1. The molecule has 8 nitrogen and oxygen atoms in total. The van der Waals surface area contributed by atoms with Gasteiger partial charge in [-0.2, -0.15) is 27.7 Å². The molecule has 2 aliphatic rings. The number of anilines is 1. The van der Waals surface area contributed by atoms with Crippen LogP contribution in [0, 0.1) is 11.3 Å². The largest absolute Gasteiger partial charge is 0.511 e. The van der Waals surface area contributed by atoms with Crippen LogP contribution in [0.2, 0.25) is 0 Å². The van der Waals surface area contributed by atoms with Crippen LogP contribution in [0.25, 0.3) is 0 Å². The summed E-state index contributed by atoms with van der Waals surface area (Å²) in [6.45, 7) is 0.580. The van der Waals surface area contributed by atoms with Gasteiger partial charge in [0, 0.05) is 25.6 Å². The Hall–Kier alpha value is -2.65. The summed E-state index contributed by atoms with van der Waals surface area (Å²) in [5.41, 5.74) is -3.65. The highest BCUT2D eigenvalue weighted by atomic mass is 32.2. The minimum Gasteiger partial charge on any atom is -0.339 e.